The molecule has 2 unspecified atom stereocenters. The molecule has 0 saturated carbocycles. The smallest absolute Gasteiger partial charge is 0.220 e. The molecule has 4 nitrogen and oxygen atoms in total. The fraction of sp³-hybridized carbons (Fsp3) is 0.841. The van der Waals surface area contributed by atoms with E-state index < -0.39 is 12.1 Å². The van der Waals surface area contributed by atoms with Crippen molar-refractivity contribution >= 4 is 5.91 Å². The molecule has 504 valence electrons. The molecule has 0 aromatic carbocycles. The van der Waals surface area contributed by atoms with Gasteiger partial charge in [0.2, 0.25) is 5.91 Å². The predicted octanol–water partition coefficient (Wildman–Crippen LogP) is 27.2. The molecule has 0 aliphatic carbocycles. The quantitative estimate of drug-likeness (QED) is 0.0420. The number of rotatable bonds is 73. The summed E-state index contributed by atoms with van der Waals surface area (Å²) in [5.41, 5.74) is 0. The monoisotopic (exact) mass is 1200 g/mol. The Bertz CT molecular complexity index is 1460. The third-order valence-electron chi connectivity index (χ3n) is 18.2. The molecular weight excluding hydrogens is 1050 g/mol. The SMILES string of the molecule is CC/C=C\C/C=C\C/C=C\C/C=C\C/C=C\C/C=C\CCCCCCCCCCCCCCCCCCCCCCCCC(=O)NC(CO)C(O)CCCCCCCCCCCCCCCCCCCCCCCCCCCCCCCCCCC. The van der Waals surface area contributed by atoms with Crippen molar-refractivity contribution in [2.75, 3.05) is 6.61 Å². The maximum atomic E-state index is 12.6. The molecular formula is C82H153NO3. The number of hydrogen-bond acceptors (Lipinski definition) is 3. The number of carbonyl (C=O) groups is 1. The van der Waals surface area contributed by atoms with Gasteiger partial charge in [-0.15, -0.1) is 0 Å². The van der Waals surface area contributed by atoms with Crippen molar-refractivity contribution in [2.24, 2.45) is 0 Å². The minimum absolute atomic E-state index is 0.0231. The van der Waals surface area contributed by atoms with Gasteiger partial charge in [-0.25, -0.2) is 0 Å². The van der Waals surface area contributed by atoms with Crippen LogP contribution in [0.5, 0.6) is 0 Å². The summed E-state index contributed by atoms with van der Waals surface area (Å²) in [4.78, 5) is 12.6. The molecule has 0 aromatic heterocycles. The summed E-state index contributed by atoms with van der Waals surface area (Å²) in [6.45, 7) is 4.29. The number of allylic oxidation sites excluding steroid dienone is 12. The van der Waals surface area contributed by atoms with E-state index in [1.54, 1.807) is 0 Å². The van der Waals surface area contributed by atoms with E-state index in [2.05, 4.69) is 92.1 Å². The van der Waals surface area contributed by atoms with Gasteiger partial charge in [0.05, 0.1) is 18.8 Å². The minimum Gasteiger partial charge on any atom is -0.394 e. The molecule has 0 saturated heterocycles. The average Bonchev–Trinajstić information content (AvgIpc) is 3.59. The van der Waals surface area contributed by atoms with Crippen molar-refractivity contribution in [3.05, 3.63) is 72.9 Å². The summed E-state index contributed by atoms with van der Waals surface area (Å²) in [6.07, 6.45) is 111. The zero-order valence-electron chi connectivity index (χ0n) is 58.3. The van der Waals surface area contributed by atoms with E-state index in [0.29, 0.717) is 12.8 Å². The summed E-state index contributed by atoms with van der Waals surface area (Å²) in [5.74, 6) is -0.0231. The second-order valence-corrected chi connectivity index (χ2v) is 26.8. The van der Waals surface area contributed by atoms with Crippen LogP contribution < -0.4 is 5.32 Å². The Morgan fingerprint density at radius 3 is 0.767 bits per heavy atom. The van der Waals surface area contributed by atoms with Crippen molar-refractivity contribution in [1.29, 1.82) is 0 Å². The minimum atomic E-state index is -0.662. The lowest BCUT2D eigenvalue weighted by molar-refractivity contribution is -0.123. The highest BCUT2D eigenvalue weighted by Gasteiger charge is 2.20. The number of amides is 1. The molecule has 0 aliphatic rings. The molecule has 0 spiro atoms. The van der Waals surface area contributed by atoms with Crippen LogP contribution in [0.25, 0.3) is 0 Å². The molecule has 0 fully saturated rings. The first-order chi connectivity index (χ1) is 42.7. The average molecular weight is 1200 g/mol. The first-order valence-electron chi connectivity index (χ1n) is 39.1. The lowest BCUT2D eigenvalue weighted by Gasteiger charge is -2.22. The van der Waals surface area contributed by atoms with Crippen LogP contribution in [0.3, 0.4) is 0 Å². The second kappa shape index (κ2) is 77.1. The number of hydrogen-bond donors (Lipinski definition) is 3. The van der Waals surface area contributed by atoms with Crippen LogP contribution in [0.2, 0.25) is 0 Å². The first-order valence-corrected chi connectivity index (χ1v) is 39.1. The van der Waals surface area contributed by atoms with E-state index >= 15 is 0 Å². The van der Waals surface area contributed by atoms with Crippen molar-refractivity contribution in [2.45, 2.75) is 437 Å². The van der Waals surface area contributed by atoms with Gasteiger partial charge in [0.15, 0.2) is 0 Å². The van der Waals surface area contributed by atoms with Crippen molar-refractivity contribution in [1.82, 2.24) is 5.32 Å². The van der Waals surface area contributed by atoms with Gasteiger partial charge in [0.1, 0.15) is 0 Å². The van der Waals surface area contributed by atoms with E-state index in [9.17, 15) is 15.0 Å². The Kier molecular flexibility index (Phi) is 75.1. The molecule has 4 heteroatoms. The highest BCUT2D eigenvalue weighted by atomic mass is 16.3. The highest BCUT2D eigenvalue weighted by molar-refractivity contribution is 5.76. The Balaban J connectivity index is 3.39. The Hall–Kier alpha value is -2.17. The van der Waals surface area contributed by atoms with Gasteiger partial charge < -0.3 is 15.5 Å². The highest BCUT2D eigenvalue weighted by Crippen LogP contribution is 2.20. The van der Waals surface area contributed by atoms with Crippen molar-refractivity contribution in [3.63, 3.8) is 0 Å². The van der Waals surface area contributed by atoms with E-state index in [4.69, 9.17) is 0 Å². The van der Waals surface area contributed by atoms with Gasteiger partial charge in [-0.2, -0.15) is 0 Å². The molecule has 0 heterocycles. The van der Waals surface area contributed by atoms with Gasteiger partial charge in [-0.05, 0) is 64.2 Å². The standard InChI is InChI=1S/C82H153NO3/c1-3-5-7-9-11-13-15-17-19-21-23-25-27-29-31-33-35-37-38-39-40-41-42-43-44-46-48-50-52-54-56-58-60-62-64-66-68-70-72-74-76-78-82(86)83-80(79-84)81(85)77-75-73-71-69-67-65-63-61-59-57-55-53-51-49-47-45-36-34-32-30-28-26-24-22-20-18-16-14-12-10-8-6-4-2/h5,7,11,13,17,19,23,25,29,31,35,37,80-81,84-85H,3-4,6,8-10,12,14-16,18,20-22,24,26-28,30,32-34,36,38-79H2,1-2H3,(H,83,86)/b7-5-,13-11-,19-17-,25-23-,31-29-,37-35-. The summed E-state index contributed by atoms with van der Waals surface area (Å²) >= 11 is 0. The maximum absolute atomic E-state index is 12.6. The van der Waals surface area contributed by atoms with Crippen molar-refractivity contribution in [3.8, 4) is 0 Å². The normalized spacial score (nSPS) is 13.0. The molecule has 1 amide bonds. The number of unbranched alkanes of at least 4 members (excludes halogenated alkanes) is 54. The lowest BCUT2D eigenvalue weighted by atomic mass is 10.0. The van der Waals surface area contributed by atoms with E-state index in [1.165, 1.54) is 334 Å². The Morgan fingerprint density at radius 2 is 0.512 bits per heavy atom. The van der Waals surface area contributed by atoms with Crippen LogP contribution in [0, 0.1) is 0 Å². The van der Waals surface area contributed by atoms with Gasteiger partial charge >= 0.3 is 0 Å². The third kappa shape index (κ3) is 72.6. The lowest BCUT2D eigenvalue weighted by Crippen LogP contribution is -2.45. The molecule has 3 N–H and O–H groups in total. The fourth-order valence-corrected chi connectivity index (χ4v) is 12.4. The van der Waals surface area contributed by atoms with Gasteiger partial charge in [-0.3, -0.25) is 4.79 Å². The van der Waals surface area contributed by atoms with Crippen LogP contribution in [0.4, 0.5) is 0 Å². The molecule has 0 rings (SSSR count). The number of aliphatic hydroxyl groups is 2. The zero-order chi connectivity index (χ0) is 61.9. The zero-order valence-corrected chi connectivity index (χ0v) is 58.3. The summed E-state index contributed by atoms with van der Waals surface area (Å²) in [7, 11) is 0. The van der Waals surface area contributed by atoms with Crippen LogP contribution in [-0.2, 0) is 4.79 Å². The number of carbonyl (C=O) groups excluding carboxylic acids is 1. The molecule has 86 heavy (non-hydrogen) atoms. The fourth-order valence-electron chi connectivity index (χ4n) is 12.4. The Labute approximate surface area is 539 Å². The number of nitrogens with one attached hydrogen (secondary N) is 1. The van der Waals surface area contributed by atoms with Crippen molar-refractivity contribution < 1.29 is 15.0 Å². The molecule has 0 bridgehead atoms. The Morgan fingerprint density at radius 1 is 0.291 bits per heavy atom. The largest absolute Gasteiger partial charge is 0.394 e. The number of aliphatic hydroxyl groups excluding tert-OH is 2. The summed E-state index contributed by atoms with van der Waals surface area (Å²) in [6, 6.07) is -0.539. The summed E-state index contributed by atoms with van der Waals surface area (Å²) in [5, 5.41) is 23.5. The first kappa shape index (κ1) is 83.8. The van der Waals surface area contributed by atoms with Crippen LogP contribution in [0.1, 0.15) is 425 Å². The van der Waals surface area contributed by atoms with Gasteiger partial charge in [0.25, 0.3) is 0 Å². The summed E-state index contributed by atoms with van der Waals surface area (Å²) < 4.78 is 0. The van der Waals surface area contributed by atoms with E-state index in [-0.39, 0.29) is 12.5 Å². The second-order valence-electron chi connectivity index (χ2n) is 26.8. The van der Waals surface area contributed by atoms with Crippen LogP contribution in [-0.4, -0.2) is 34.9 Å². The predicted molar refractivity (Wildman–Crippen MR) is 387 cm³/mol. The van der Waals surface area contributed by atoms with Gasteiger partial charge in [0, 0.05) is 6.42 Å². The molecule has 0 radical (unpaired) electrons. The molecule has 0 aliphatic heterocycles. The van der Waals surface area contributed by atoms with Gasteiger partial charge in [-0.1, -0.05) is 427 Å². The molecule has 2 atom stereocenters. The van der Waals surface area contributed by atoms with E-state index in [1.807, 2.05) is 0 Å². The van der Waals surface area contributed by atoms with E-state index in [0.717, 1.165) is 64.2 Å². The van der Waals surface area contributed by atoms with Crippen LogP contribution >= 0.6 is 0 Å². The maximum Gasteiger partial charge on any atom is 0.220 e. The molecule has 0 aromatic rings. The third-order valence-corrected chi connectivity index (χ3v) is 18.2. The van der Waals surface area contributed by atoms with Crippen LogP contribution in [0.15, 0.2) is 72.9 Å². The topological polar surface area (TPSA) is 69.6 Å².